The van der Waals surface area contributed by atoms with E-state index in [1.54, 1.807) is 6.20 Å². The molecule has 1 fully saturated rings. The zero-order chi connectivity index (χ0) is 18.4. The number of H-pyrrole nitrogens is 1. The number of aromatic nitrogens is 4. The lowest BCUT2D eigenvalue weighted by atomic mass is 9.81. The van der Waals surface area contributed by atoms with Gasteiger partial charge in [0.2, 0.25) is 0 Å². The van der Waals surface area contributed by atoms with Crippen molar-refractivity contribution in [2.75, 3.05) is 25.5 Å². The zero-order valence-corrected chi connectivity index (χ0v) is 14.9. The number of nitrogens with one attached hydrogen (secondary N) is 2. The van der Waals surface area contributed by atoms with Crippen molar-refractivity contribution in [3.8, 4) is 0 Å². The van der Waals surface area contributed by atoms with Gasteiger partial charge in [-0.1, -0.05) is 12.1 Å². The van der Waals surface area contributed by atoms with Gasteiger partial charge in [-0.05, 0) is 60.8 Å². The number of hydrogen-bond donors (Lipinski definition) is 2. The number of aromatic amines is 1. The van der Waals surface area contributed by atoms with Crippen molar-refractivity contribution in [3.05, 3.63) is 58.3 Å². The molecule has 0 radical (unpaired) electrons. The molecule has 8 nitrogen and oxygen atoms in total. The van der Waals surface area contributed by atoms with Gasteiger partial charge in [-0.2, -0.15) is 5.10 Å². The highest BCUT2D eigenvalue weighted by atomic mass is 16.6. The third-order valence-corrected chi connectivity index (χ3v) is 5.66. The third-order valence-electron chi connectivity index (χ3n) is 5.66. The largest absolute Gasteiger partial charge is 0.354 e. The van der Waals surface area contributed by atoms with E-state index in [1.165, 1.54) is 0 Å². The van der Waals surface area contributed by atoms with E-state index in [9.17, 15) is 0 Å². The molecule has 1 aromatic carbocycles. The van der Waals surface area contributed by atoms with Gasteiger partial charge in [0.1, 0.15) is 16.9 Å². The van der Waals surface area contributed by atoms with Gasteiger partial charge in [-0.3, -0.25) is 5.10 Å². The van der Waals surface area contributed by atoms with Crippen molar-refractivity contribution in [2.24, 2.45) is 5.92 Å². The van der Waals surface area contributed by atoms with Crippen molar-refractivity contribution >= 4 is 16.9 Å². The molecule has 8 heteroatoms. The molecule has 2 aliphatic rings. The van der Waals surface area contributed by atoms with Crippen LogP contribution in [0, 0.1) is 12.5 Å². The van der Waals surface area contributed by atoms with Crippen molar-refractivity contribution in [3.63, 3.8) is 0 Å². The second-order valence-electron chi connectivity index (χ2n) is 7.23. The summed E-state index contributed by atoms with van der Waals surface area (Å²) in [6.45, 7) is 10.0. The molecule has 2 N–H and O–H groups in total. The number of fused-ring (bicyclic) bond motifs is 2. The predicted octanol–water partition coefficient (Wildman–Crippen LogP) is 2.98. The first-order valence-corrected chi connectivity index (χ1v) is 9.07. The Morgan fingerprint density at radius 2 is 2.07 bits per heavy atom. The van der Waals surface area contributed by atoms with E-state index in [1.807, 2.05) is 18.2 Å². The highest BCUT2D eigenvalue weighted by Gasteiger charge is 2.36. The maximum absolute atomic E-state index is 7.96. The van der Waals surface area contributed by atoms with Gasteiger partial charge in [-0.15, -0.1) is 0 Å². The fourth-order valence-corrected chi connectivity index (χ4v) is 4.22. The molecule has 2 aliphatic heterocycles. The lowest BCUT2D eigenvalue weighted by Gasteiger charge is -2.35. The standard InChI is InChI=1S/C19H19N7O/c1-20-18-15(12-4-3-5-14-17(12)25-27-24-14)13-10-21-23-19(13)22-16(18)11-6-8-26(2)9-7-11/h3-5,10-11,15H,6-9H2,2H3,(H2,21,22,23). The minimum Gasteiger partial charge on any atom is -0.354 e. The van der Waals surface area contributed by atoms with Crippen molar-refractivity contribution in [2.45, 2.75) is 18.8 Å². The number of benzene rings is 1. The Morgan fingerprint density at radius 3 is 2.89 bits per heavy atom. The van der Waals surface area contributed by atoms with Crippen LogP contribution in [-0.2, 0) is 0 Å². The van der Waals surface area contributed by atoms with E-state index in [4.69, 9.17) is 11.2 Å². The Morgan fingerprint density at radius 1 is 1.22 bits per heavy atom. The first kappa shape index (κ1) is 16.0. The second-order valence-corrected chi connectivity index (χ2v) is 7.23. The summed E-state index contributed by atoms with van der Waals surface area (Å²) in [6, 6.07) is 5.79. The van der Waals surface area contributed by atoms with Gasteiger partial charge in [0, 0.05) is 11.3 Å². The first-order chi connectivity index (χ1) is 13.3. The minimum absolute atomic E-state index is 0.234. The Bertz CT molecular complexity index is 1070. The number of allylic oxidation sites excluding steroid dienone is 2. The lowest BCUT2D eigenvalue weighted by Crippen LogP contribution is -2.33. The predicted molar refractivity (Wildman–Crippen MR) is 99.7 cm³/mol. The van der Waals surface area contributed by atoms with Crippen molar-refractivity contribution in [1.29, 1.82) is 0 Å². The second kappa shape index (κ2) is 6.21. The van der Waals surface area contributed by atoms with Crippen LogP contribution in [0.25, 0.3) is 15.9 Å². The van der Waals surface area contributed by atoms with Crippen LogP contribution in [0.4, 0.5) is 5.82 Å². The van der Waals surface area contributed by atoms with Crippen LogP contribution in [0.15, 0.2) is 40.4 Å². The molecule has 1 unspecified atom stereocenters. The van der Waals surface area contributed by atoms with E-state index >= 15 is 0 Å². The Hall–Kier alpha value is -3.18. The van der Waals surface area contributed by atoms with Crippen LogP contribution in [0.3, 0.4) is 0 Å². The van der Waals surface area contributed by atoms with Gasteiger partial charge in [0.25, 0.3) is 0 Å². The molecule has 3 aromatic rings. The topological polar surface area (TPSA) is 87.2 Å². The summed E-state index contributed by atoms with van der Waals surface area (Å²) >= 11 is 0. The van der Waals surface area contributed by atoms with E-state index in [2.05, 4.69) is 42.6 Å². The van der Waals surface area contributed by atoms with Crippen LogP contribution in [-0.4, -0.2) is 45.5 Å². The summed E-state index contributed by atoms with van der Waals surface area (Å²) < 4.78 is 4.95. The summed E-state index contributed by atoms with van der Waals surface area (Å²) in [6.07, 6.45) is 3.85. The van der Waals surface area contributed by atoms with E-state index in [0.717, 1.165) is 48.6 Å². The molecule has 0 bridgehead atoms. The highest BCUT2D eigenvalue weighted by Crippen LogP contribution is 2.45. The summed E-state index contributed by atoms with van der Waals surface area (Å²) in [7, 11) is 2.14. The van der Waals surface area contributed by atoms with E-state index in [0.29, 0.717) is 22.6 Å². The van der Waals surface area contributed by atoms with Gasteiger partial charge in [0.15, 0.2) is 5.70 Å². The fourth-order valence-electron chi connectivity index (χ4n) is 4.22. The highest BCUT2D eigenvalue weighted by molar-refractivity contribution is 5.80. The molecule has 4 heterocycles. The number of hydrogen-bond acceptors (Lipinski definition) is 6. The average Bonchev–Trinajstić information content (AvgIpc) is 3.36. The lowest BCUT2D eigenvalue weighted by molar-refractivity contribution is 0.238. The summed E-state index contributed by atoms with van der Waals surface area (Å²) in [5, 5.41) is 18.8. The SMILES string of the molecule is [C-]#[N+]C1=C(C2CCN(C)CC2)Nc2[nH]ncc2C1c1cccc2nonc12. The number of likely N-dealkylation sites (tertiary alicyclic amines) is 1. The quantitative estimate of drug-likeness (QED) is 0.683. The van der Waals surface area contributed by atoms with Crippen molar-refractivity contribution < 1.29 is 4.63 Å². The Labute approximate surface area is 156 Å². The first-order valence-electron chi connectivity index (χ1n) is 9.07. The molecule has 0 aliphatic carbocycles. The molecule has 0 spiro atoms. The van der Waals surface area contributed by atoms with Gasteiger partial charge >= 0.3 is 0 Å². The zero-order valence-electron chi connectivity index (χ0n) is 14.9. The van der Waals surface area contributed by atoms with Crippen LogP contribution in [0.5, 0.6) is 0 Å². The maximum Gasteiger partial charge on any atom is 0.196 e. The van der Waals surface area contributed by atoms with Gasteiger partial charge < -0.3 is 10.2 Å². The molecule has 0 saturated carbocycles. The van der Waals surface area contributed by atoms with Crippen LogP contribution >= 0.6 is 0 Å². The van der Waals surface area contributed by atoms with Gasteiger partial charge in [0.05, 0.1) is 18.7 Å². The van der Waals surface area contributed by atoms with Gasteiger partial charge in [-0.25, -0.2) is 9.47 Å². The fraction of sp³-hybridized carbons (Fsp3) is 0.368. The molecule has 1 atom stereocenters. The van der Waals surface area contributed by atoms with Crippen LogP contribution in [0.1, 0.15) is 29.9 Å². The smallest absolute Gasteiger partial charge is 0.196 e. The molecule has 27 heavy (non-hydrogen) atoms. The van der Waals surface area contributed by atoms with Crippen molar-refractivity contribution in [1.82, 2.24) is 25.4 Å². The summed E-state index contributed by atoms with van der Waals surface area (Å²) in [4.78, 5) is 6.32. The van der Waals surface area contributed by atoms with E-state index in [-0.39, 0.29) is 5.92 Å². The molecule has 5 rings (SSSR count). The number of piperidine rings is 1. The average molecular weight is 361 g/mol. The number of anilines is 1. The third kappa shape index (κ3) is 2.51. The Kier molecular flexibility index (Phi) is 3.69. The normalized spacial score (nSPS) is 21.1. The number of nitrogens with zero attached hydrogens (tertiary/aromatic N) is 5. The molecular weight excluding hydrogens is 342 g/mol. The van der Waals surface area contributed by atoms with E-state index < -0.39 is 0 Å². The molecule has 1 saturated heterocycles. The minimum atomic E-state index is -0.234. The molecule has 0 amide bonds. The molecule has 2 aromatic heterocycles. The van der Waals surface area contributed by atoms with Crippen LogP contribution < -0.4 is 5.32 Å². The molecular formula is C19H19N7O. The Balaban J connectivity index is 1.68. The maximum atomic E-state index is 7.96. The molecule has 136 valence electrons. The number of rotatable bonds is 2. The summed E-state index contributed by atoms with van der Waals surface area (Å²) in [5.74, 6) is 0.955. The summed E-state index contributed by atoms with van der Waals surface area (Å²) in [5.41, 5.74) is 4.99. The monoisotopic (exact) mass is 361 g/mol. The van der Waals surface area contributed by atoms with Crippen LogP contribution in [0.2, 0.25) is 0 Å².